The molecule has 0 spiro atoms. The van der Waals surface area contributed by atoms with E-state index in [9.17, 15) is 17.6 Å². The van der Waals surface area contributed by atoms with Gasteiger partial charge in [-0.1, -0.05) is 12.1 Å². The van der Waals surface area contributed by atoms with Gasteiger partial charge >= 0.3 is 0 Å². The van der Waals surface area contributed by atoms with Crippen LogP contribution in [0.15, 0.2) is 29.2 Å². The van der Waals surface area contributed by atoms with Gasteiger partial charge in [0.1, 0.15) is 16.5 Å². The molecule has 88 valence electrons. The maximum Gasteiger partial charge on any atom is 0.184 e. The van der Waals surface area contributed by atoms with Crippen molar-refractivity contribution in [2.24, 2.45) is 0 Å². The maximum atomic E-state index is 13.3. The number of hydrogen-bond acceptors (Lipinski definition) is 3. The highest BCUT2D eigenvalue weighted by Gasteiger charge is 2.26. The molecule has 0 aromatic heterocycles. The van der Waals surface area contributed by atoms with Gasteiger partial charge in [-0.05, 0) is 26.0 Å². The first kappa shape index (κ1) is 12.8. The van der Waals surface area contributed by atoms with E-state index in [-0.39, 0.29) is 17.1 Å². The van der Waals surface area contributed by atoms with Gasteiger partial charge in [0.05, 0.1) is 5.25 Å². The van der Waals surface area contributed by atoms with Gasteiger partial charge in [0.2, 0.25) is 0 Å². The Morgan fingerprint density at radius 2 is 1.94 bits per heavy atom. The lowest BCUT2D eigenvalue weighted by Crippen LogP contribution is -2.21. The summed E-state index contributed by atoms with van der Waals surface area (Å²) in [5.74, 6) is -1.01. The summed E-state index contributed by atoms with van der Waals surface area (Å²) < 4.78 is 37.1. The molecule has 1 aromatic carbocycles. The number of Topliss-reactive ketones (excluding diaryl/α,β-unsaturated/α-hetero) is 1. The highest BCUT2D eigenvalue weighted by molar-refractivity contribution is 7.92. The van der Waals surface area contributed by atoms with Gasteiger partial charge in [-0.3, -0.25) is 4.79 Å². The molecule has 0 N–H and O–H groups in total. The molecule has 0 saturated carbocycles. The molecule has 0 aliphatic carbocycles. The molecule has 0 radical (unpaired) electrons. The fraction of sp³-hybridized carbons (Fsp3) is 0.364. The second kappa shape index (κ2) is 4.74. The minimum absolute atomic E-state index is 0.101. The van der Waals surface area contributed by atoms with Crippen molar-refractivity contribution in [2.45, 2.75) is 30.4 Å². The number of halogens is 1. The van der Waals surface area contributed by atoms with Crippen molar-refractivity contribution in [3.63, 3.8) is 0 Å². The molecular weight excluding hydrogens is 231 g/mol. The Bertz CT molecular complexity index is 494. The summed E-state index contributed by atoms with van der Waals surface area (Å²) in [7, 11) is -3.76. The monoisotopic (exact) mass is 244 g/mol. The predicted molar refractivity (Wildman–Crippen MR) is 58.3 cm³/mol. The Hall–Kier alpha value is -1.23. The quantitative estimate of drug-likeness (QED) is 0.813. The summed E-state index contributed by atoms with van der Waals surface area (Å²) in [6.07, 6.45) is -0.101. The smallest absolute Gasteiger partial charge is 0.184 e. The normalized spacial score (nSPS) is 13.4. The van der Waals surface area contributed by atoms with Crippen LogP contribution in [0.4, 0.5) is 4.39 Å². The highest BCUT2D eigenvalue weighted by atomic mass is 32.2. The van der Waals surface area contributed by atoms with E-state index in [1.54, 1.807) is 0 Å². The van der Waals surface area contributed by atoms with Gasteiger partial charge in [0, 0.05) is 6.42 Å². The summed E-state index contributed by atoms with van der Waals surface area (Å²) in [5, 5.41) is -0.901. The van der Waals surface area contributed by atoms with Gasteiger partial charge in [0.15, 0.2) is 9.84 Å². The summed E-state index contributed by atoms with van der Waals surface area (Å²) in [5.41, 5.74) is 0. The zero-order chi connectivity index (χ0) is 12.3. The third kappa shape index (κ3) is 2.66. The van der Waals surface area contributed by atoms with E-state index in [4.69, 9.17) is 0 Å². The highest BCUT2D eigenvalue weighted by Crippen LogP contribution is 2.20. The summed E-state index contributed by atoms with van der Waals surface area (Å²) in [4.78, 5) is 10.5. The zero-order valence-corrected chi connectivity index (χ0v) is 9.92. The molecule has 16 heavy (non-hydrogen) atoms. The molecule has 1 atom stereocenters. The zero-order valence-electron chi connectivity index (χ0n) is 9.10. The van der Waals surface area contributed by atoms with Crippen LogP contribution in [0, 0.1) is 5.82 Å². The topological polar surface area (TPSA) is 51.2 Å². The standard InChI is InChI=1S/C11H13FO3S/c1-8(13)7-9(2)16(14,15)11-6-4-3-5-10(11)12/h3-6,9H,7H2,1-2H3. The lowest BCUT2D eigenvalue weighted by molar-refractivity contribution is -0.116. The average Bonchev–Trinajstić information content (AvgIpc) is 2.16. The number of benzene rings is 1. The first-order valence-electron chi connectivity index (χ1n) is 4.83. The number of carbonyl (C=O) groups excluding carboxylic acids is 1. The molecule has 1 aromatic rings. The van der Waals surface area contributed by atoms with Crippen LogP contribution in [0.25, 0.3) is 0 Å². The van der Waals surface area contributed by atoms with Gasteiger partial charge in [0.25, 0.3) is 0 Å². The molecule has 0 amide bonds. The van der Waals surface area contributed by atoms with Crippen molar-refractivity contribution in [2.75, 3.05) is 0 Å². The van der Waals surface area contributed by atoms with E-state index in [0.717, 1.165) is 6.07 Å². The average molecular weight is 244 g/mol. The van der Waals surface area contributed by atoms with Crippen molar-refractivity contribution in [1.82, 2.24) is 0 Å². The number of hydrogen-bond donors (Lipinski definition) is 0. The predicted octanol–water partition coefficient (Wildman–Crippen LogP) is 1.97. The molecule has 0 heterocycles. The Morgan fingerprint density at radius 3 is 2.44 bits per heavy atom. The molecule has 1 unspecified atom stereocenters. The third-order valence-electron chi connectivity index (χ3n) is 2.25. The van der Waals surface area contributed by atoms with Crippen LogP contribution in [0.1, 0.15) is 20.3 Å². The van der Waals surface area contributed by atoms with Crippen molar-refractivity contribution in [1.29, 1.82) is 0 Å². The maximum absolute atomic E-state index is 13.3. The Labute approximate surface area is 94.2 Å². The van der Waals surface area contributed by atoms with E-state index < -0.39 is 20.9 Å². The fourth-order valence-electron chi connectivity index (χ4n) is 1.41. The number of ketones is 1. The minimum Gasteiger partial charge on any atom is -0.300 e. The molecule has 3 nitrogen and oxygen atoms in total. The molecule has 0 bridgehead atoms. The van der Waals surface area contributed by atoms with E-state index in [2.05, 4.69) is 0 Å². The number of rotatable bonds is 4. The molecule has 1 rings (SSSR count). The van der Waals surface area contributed by atoms with Crippen LogP contribution in [0.5, 0.6) is 0 Å². The van der Waals surface area contributed by atoms with E-state index in [0.29, 0.717) is 0 Å². The molecule has 5 heteroatoms. The largest absolute Gasteiger partial charge is 0.300 e. The first-order valence-corrected chi connectivity index (χ1v) is 6.38. The SMILES string of the molecule is CC(=O)CC(C)S(=O)(=O)c1ccccc1F. The second-order valence-corrected chi connectivity index (χ2v) is 6.03. The molecular formula is C11H13FO3S. The molecule has 0 aliphatic rings. The van der Waals surface area contributed by atoms with Crippen LogP contribution in [0.3, 0.4) is 0 Å². The molecule has 0 aliphatic heterocycles. The molecule has 0 fully saturated rings. The van der Waals surface area contributed by atoms with Crippen molar-refractivity contribution in [3.05, 3.63) is 30.1 Å². The Balaban J connectivity index is 3.12. The van der Waals surface area contributed by atoms with Crippen LogP contribution in [-0.4, -0.2) is 19.5 Å². The van der Waals surface area contributed by atoms with Crippen molar-refractivity contribution >= 4 is 15.6 Å². The Morgan fingerprint density at radius 1 is 1.38 bits per heavy atom. The van der Waals surface area contributed by atoms with E-state index in [1.165, 1.54) is 32.0 Å². The molecule has 0 saturated heterocycles. The lowest BCUT2D eigenvalue weighted by Gasteiger charge is -2.11. The van der Waals surface area contributed by atoms with Crippen LogP contribution in [-0.2, 0) is 14.6 Å². The lowest BCUT2D eigenvalue weighted by atomic mass is 10.2. The van der Waals surface area contributed by atoms with Crippen LogP contribution >= 0.6 is 0 Å². The summed E-state index contributed by atoms with van der Waals surface area (Å²) in [6, 6.07) is 5.18. The van der Waals surface area contributed by atoms with Crippen molar-refractivity contribution in [3.8, 4) is 0 Å². The first-order chi connectivity index (χ1) is 7.35. The van der Waals surface area contributed by atoms with E-state index in [1.807, 2.05) is 0 Å². The Kier molecular flexibility index (Phi) is 3.80. The number of sulfone groups is 1. The fourth-order valence-corrected chi connectivity index (χ4v) is 2.90. The summed E-state index contributed by atoms with van der Waals surface area (Å²) in [6.45, 7) is 2.72. The number of carbonyl (C=O) groups is 1. The van der Waals surface area contributed by atoms with Gasteiger partial charge in [-0.2, -0.15) is 0 Å². The summed E-state index contributed by atoms with van der Waals surface area (Å²) >= 11 is 0. The van der Waals surface area contributed by atoms with Gasteiger partial charge in [-0.25, -0.2) is 12.8 Å². The van der Waals surface area contributed by atoms with Crippen LogP contribution < -0.4 is 0 Å². The van der Waals surface area contributed by atoms with E-state index >= 15 is 0 Å². The van der Waals surface area contributed by atoms with Crippen LogP contribution in [0.2, 0.25) is 0 Å². The van der Waals surface area contributed by atoms with Gasteiger partial charge < -0.3 is 0 Å². The second-order valence-electron chi connectivity index (χ2n) is 3.69. The minimum atomic E-state index is -3.76. The third-order valence-corrected chi connectivity index (χ3v) is 4.42. The van der Waals surface area contributed by atoms with Gasteiger partial charge in [-0.15, -0.1) is 0 Å². The van der Waals surface area contributed by atoms with Crippen molar-refractivity contribution < 1.29 is 17.6 Å².